The van der Waals surface area contributed by atoms with Gasteiger partial charge in [-0.1, -0.05) is 15.9 Å². The van der Waals surface area contributed by atoms with Crippen LogP contribution in [0.1, 0.15) is 19.9 Å². The van der Waals surface area contributed by atoms with Crippen molar-refractivity contribution in [2.75, 3.05) is 0 Å². The SMILES string of the molecule is CC(C)n1c(-c2cc(F)ccc2Br)nnc1S(N)(=O)=O. The second-order valence-electron chi connectivity index (χ2n) is 4.44. The molecule has 0 spiro atoms. The molecule has 1 heterocycles. The van der Waals surface area contributed by atoms with Gasteiger partial charge in [0.15, 0.2) is 5.82 Å². The first-order valence-electron chi connectivity index (χ1n) is 5.65. The second kappa shape index (κ2) is 5.23. The maximum Gasteiger partial charge on any atom is 0.273 e. The van der Waals surface area contributed by atoms with Crippen molar-refractivity contribution in [3.8, 4) is 11.4 Å². The summed E-state index contributed by atoms with van der Waals surface area (Å²) in [6, 6.07) is 3.79. The number of sulfonamides is 1. The quantitative estimate of drug-likeness (QED) is 0.904. The average molecular weight is 363 g/mol. The number of hydrogen-bond acceptors (Lipinski definition) is 4. The van der Waals surface area contributed by atoms with Crippen LogP contribution in [0.15, 0.2) is 27.8 Å². The van der Waals surface area contributed by atoms with Gasteiger partial charge in [0, 0.05) is 16.1 Å². The molecule has 0 atom stereocenters. The minimum Gasteiger partial charge on any atom is -0.294 e. The lowest BCUT2D eigenvalue weighted by Gasteiger charge is -2.13. The number of benzene rings is 1. The Labute approximate surface area is 124 Å². The number of hydrogen-bond donors (Lipinski definition) is 1. The molecular formula is C11H12BrFN4O2S. The first kappa shape index (κ1) is 15.1. The van der Waals surface area contributed by atoms with E-state index in [1.165, 1.54) is 22.8 Å². The zero-order chi connectivity index (χ0) is 15.1. The molecule has 0 bridgehead atoms. The second-order valence-corrected chi connectivity index (χ2v) is 6.75. The molecule has 0 radical (unpaired) electrons. The molecule has 1 aromatic carbocycles. The van der Waals surface area contributed by atoms with Crippen LogP contribution in [0, 0.1) is 5.82 Å². The average Bonchev–Trinajstić information content (AvgIpc) is 2.76. The van der Waals surface area contributed by atoms with Crippen molar-refractivity contribution in [3.63, 3.8) is 0 Å². The lowest BCUT2D eigenvalue weighted by atomic mass is 10.2. The van der Waals surface area contributed by atoms with Crippen LogP contribution in [-0.4, -0.2) is 23.2 Å². The summed E-state index contributed by atoms with van der Waals surface area (Å²) >= 11 is 3.28. The third kappa shape index (κ3) is 2.74. The van der Waals surface area contributed by atoms with E-state index in [1.54, 1.807) is 13.8 Å². The van der Waals surface area contributed by atoms with Crippen LogP contribution in [0.3, 0.4) is 0 Å². The molecular weight excluding hydrogens is 351 g/mol. The highest BCUT2D eigenvalue weighted by atomic mass is 79.9. The van der Waals surface area contributed by atoms with Gasteiger partial charge < -0.3 is 0 Å². The van der Waals surface area contributed by atoms with Gasteiger partial charge in [0.1, 0.15) is 5.82 Å². The molecule has 20 heavy (non-hydrogen) atoms. The number of primary sulfonamides is 1. The molecule has 6 nitrogen and oxygen atoms in total. The van der Waals surface area contributed by atoms with Crippen molar-refractivity contribution in [1.82, 2.24) is 14.8 Å². The fraction of sp³-hybridized carbons (Fsp3) is 0.273. The monoisotopic (exact) mass is 362 g/mol. The molecule has 0 aliphatic rings. The van der Waals surface area contributed by atoms with Gasteiger partial charge in [-0.2, -0.15) is 0 Å². The maximum atomic E-state index is 13.4. The number of nitrogens with two attached hydrogens (primary N) is 1. The van der Waals surface area contributed by atoms with E-state index < -0.39 is 15.8 Å². The number of nitrogens with zero attached hydrogens (tertiary/aromatic N) is 3. The number of rotatable bonds is 3. The fourth-order valence-electron chi connectivity index (χ4n) is 1.79. The summed E-state index contributed by atoms with van der Waals surface area (Å²) in [5.41, 5.74) is 0.404. The summed E-state index contributed by atoms with van der Waals surface area (Å²) < 4.78 is 38.4. The van der Waals surface area contributed by atoms with Crippen LogP contribution < -0.4 is 5.14 Å². The molecule has 9 heteroatoms. The molecule has 0 saturated carbocycles. The largest absolute Gasteiger partial charge is 0.294 e. The Morgan fingerprint density at radius 2 is 2.00 bits per heavy atom. The summed E-state index contributed by atoms with van der Waals surface area (Å²) in [6.45, 7) is 3.52. The summed E-state index contributed by atoms with van der Waals surface area (Å²) in [4.78, 5) is 0. The molecule has 108 valence electrons. The Kier molecular flexibility index (Phi) is 3.94. The van der Waals surface area contributed by atoms with E-state index in [-0.39, 0.29) is 17.0 Å². The first-order chi connectivity index (χ1) is 9.21. The summed E-state index contributed by atoms with van der Waals surface area (Å²) in [7, 11) is -4.01. The zero-order valence-electron chi connectivity index (χ0n) is 10.7. The Morgan fingerprint density at radius 1 is 1.35 bits per heavy atom. The number of aromatic nitrogens is 3. The highest BCUT2D eigenvalue weighted by Gasteiger charge is 2.24. The lowest BCUT2D eigenvalue weighted by Crippen LogP contribution is -2.20. The number of halogens is 2. The normalized spacial score (nSPS) is 12.1. The van der Waals surface area contributed by atoms with Crippen LogP contribution in [0.4, 0.5) is 4.39 Å². The summed E-state index contributed by atoms with van der Waals surface area (Å²) in [6.07, 6.45) is 0. The van der Waals surface area contributed by atoms with Gasteiger partial charge in [-0.15, -0.1) is 10.2 Å². The van der Waals surface area contributed by atoms with Crippen LogP contribution in [0.25, 0.3) is 11.4 Å². The van der Waals surface area contributed by atoms with Gasteiger partial charge >= 0.3 is 0 Å². The van der Waals surface area contributed by atoms with Crippen LogP contribution >= 0.6 is 15.9 Å². The van der Waals surface area contributed by atoms with Gasteiger partial charge in [0.25, 0.3) is 15.2 Å². The van der Waals surface area contributed by atoms with Crippen LogP contribution in [-0.2, 0) is 10.0 Å². The predicted molar refractivity (Wildman–Crippen MR) is 74.9 cm³/mol. The third-order valence-electron chi connectivity index (χ3n) is 2.60. The van der Waals surface area contributed by atoms with Crippen LogP contribution in [0.5, 0.6) is 0 Å². The van der Waals surface area contributed by atoms with E-state index in [0.29, 0.717) is 10.0 Å². The third-order valence-corrected chi connectivity index (χ3v) is 4.08. The molecule has 0 unspecified atom stereocenters. The van der Waals surface area contributed by atoms with Crippen molar-refractivity contribution >= 4 is 26.0 Å². The Hall–Kier alpha value is -1.32. The van der Waals surface area contributed by atoms with Crippen LogP contribution in [0.2, 0.25) is 0 Å². The topological polar surface area (TPSA) is 90.9 Å². The molecule has 2 rings (SSSR count). The van der Waals surface area contributed by atoms with Crippen molar-refractivity contribution < 1.29 is 12.8 Å². The molecule has 0 amide bonds. The molecule has 0 saturated heterocycles. The smallest absolute Gasteiger partial charge is 0.273 e. The van der Waals surface area contributed by atoms with Crippen molar-refractivity contribution in [2.24, 2.45) is 5.14 Å². The van der Waals surface area contributed by atoms with E-state index in [2.05, 4.69) is 26.1 Å². The lowest BCUT2D eigenvalue weighted by molar-refractivity contribution is 0.524. The van der Waals surface area contributed by atoms with Gasteiger partial charge in [0.2, 0.25) is 0 Å². The van der Waals surface area contributed by atoms with Crippen molar-refractivity contribution in [3.05, 3.63) is 28.5 Å². The van der Waals surface area contributed by atoms with Crippen molar-refractivity contribution in [1.29, 1.82) is 0 Å². The minimum atomic E-state index is -4.01. The molecule has 0 aliphatic carbocycles. The molecule has 2 aromatic rings. The highest BCUT2D eigenvalue weighted by molar-refractivity contribution is 9.10. The zero-order valence-corrected chi connectivity index (χ0v) is 13.1. The molecule has 1 aromatic heterocycles. The fourth-order valence-corrected chi connectivity index (χ4v) is 2.94. The minimum absolute atomic E-state index is 0.232. The molecule has 0 fully saturated rings. The Bertz CT molecular complexity index is 758. The summed E-state index contributed by atoms with van der Waals surface area (Å²) in [5.74, 6) is -0.228. The van der Waals surface area contributed by atoms with E-state index in [4.69, 9.17) is 5.14 Å². The highest BCUT2D eigenvalue weighted by Crippen LogP contribution is 2.30. The standard InChI is InChI=1S/C11H12BrFN4O2S/c1-6(2)17-10(15-16-11(17)20(14,18)19)8-5-7(13)3-4-9(8)12/h3-6H,1-2H3,(H2,14,18,19). The first-order valence-corrected chi connectivity index (χ1v) is 7.99. The van der Waals surface area contributed by atoms with Gasteiger partial charge in [0.05, 0.1) is 0 Å². The van der Waals surface area contributed by atoms with E-state index in [0.717, 1.165) is 0 Å². The predicted octanol–water partition coefficient (Wildman–Crippen LogP) is 2.07. The van der Waals surface area contributed by atoms with Gasteiger partial charge in [-0.25, -0.2) is 17.9 Å². The van der Waals surface area contributed by atoms with Crippen molar-refractivity contribution in [2.45, 2.75) is 25.0 Å². The Morgan fingerprint density at radius 3 is 2.55 bits per heavy atom. The Balaban J connectivity index is 2.76. The van der Waals surface area contributed by atoms with E-state index >= 15 is 0 Å². The van der Waals surface area contributed by atoms with E-state index in [1.807, 2.05) is 0 Å². The molecule has 2 N–H and O–H groups in total. The maximum absolute atomic E-state index is 13.4. The van der Waals surface area contributed by atoms with E-state index in [9.17, 15) is 12.8 Å². The van der Waals surface area contributed by atoms with Gasteiger partial charge in [-0.05, 0) is 32.0 Å². The summed E-state index contributed by atoms with van der Waals surface area (Å²) in [5, 5.41) is 12.2. The molecule has 0 aliphatic heterocycles. The van der Waals surface area contributed by atoms with Gasteiger partial charge in [-0.3, -0.25) is 4.57 Å².